The van der Waals surface area contributed by atoms with Crippen molar-refractivity contribution in [3.63, 3.8) is 0 Å². The maximum Gasteiger partial charge on any atom is 0.242 e. The van der Waals surface area contributed by atoms with E-state index >= 15 is 0 Å². The van der Waals surface area contributed by atoms with Gasteiger partial charge in [-0.3, -0.25) is 4.79 Å². The number of hydrogen-bond acceptors (Lipinski definition) is 2. The lowest BCUT2D eigenvalue weighted by Gasteiger charge is -2.32. The Morgan fingerprint density at radius 1 is 1.33 bits per heavy atom. The third-order valence-electron chi connectivity index (χ3n) is 4.48. The van der Waals surface area contributed by atoms with Gasteiger partial charge >= 0.3 is 0 Å². The predicted molar refractivity (Wildman–Crippen MR) is 87.3 cm³/mol. The zero-order valence-electron chi connectivity index (χ0n) is 13.4. The van der Waals surface area contributed by atoms with Gasteiger partial charge in [-0.1, -0.05) is 43.7 Å². The van der Waals surface area contributed by atoms with Crippen molar-refractivity contribution in [1.82, 2.24) is 10.2 Å². The SMILES string of the molecule is CCCC1(C(=O)N(C)CCCc2ccccc2)CCCN1. The number of rotatable bonds is 7. The molecule has 3 heteroatoms. The van der Waals surface area contributed by atoms with E-state index in [9.17, 15) is 4.79 Å². The Morgan fingerprint density at radius 2 is 2.10 bits per heavy atom. The molecule has 1 fully saturated rings. The second kappa shape index (κ2) is 7.60. The highest BCUT2D eigenvalue weighted by Gasteiger charge is 2.41. The lowest BCUT2D eigenvalue weighted by Crippen LogP contribution is -2.54. The van der Waals surface area contributed by atoms with Crippen LogP contribution in [0.5, 0.6) is 0 Å². The molecule has 0 bridgehead atoms. The number of likely N-dealkylation sites (N-methyl/N-ethyl adjacent to an activating group) is 1. The summed E-state index contributed by atoms with van der Waals surface area (Å²) in [6.45, 7) is 3.97. The number of benzene rings is 1. The molecule has 1 saturated heterocycles. The van der Waals surface area contributed by atoms with Crippen LogP contribution in [-0.2, 0) is 11.2 Å². The van der Waals surface area contributed by atoms with Crippen LogP contribution in [0.2, 0.25) is 0 Å². The van der Waals surface area contributed by atoms with Crippen molar-refractivity contribution in [2.75, 3.05) is 20.1 Å². The highest BCUT2D eigenvalue weighted by atomic mass is 16.2. The highest BCUT2D eigenvalue weighted by molar-refractivity contribution is 5.86. The molecule has 1 aliphatic rings. The molecule has 0 aromatic heterocycles. The number of aryl methyl sites for hydroxylation is 1. The van der Waals surface area contributed by atoms with Crippen molar-refractivity contribution in [2.45, 2.75) is 51.0 Å². The summed E-state index contributed by atoms with van der Waals surface area (Å²) in [6.07, 6.45) is 6.17. The molecule has 1 unspecified atom stereocenters. The van der Waals surface area contributed by atoms with Gasteiger partial charge in [0, 0.05) is 13.6 Å². The Kier molecular flexibility index (Phi) is 5.80. The van der Waals surface area contributed by atoms with Crippen LogP contribution >= 0.6 is 0 Å². The number of carbonyl (C=O) groups is 1. The van der Waals surface area contributed by atoms with Crippen molar-refractivity contribution in [3.05, 3.63) is 35.9 Å². The van der Waals surface area contributed by atoms with Crippen LogP contribution in [0, 0.1) is 0 Å². The summed E-state index contributed by atoms with van der Waals surface area (Å²) in [4.78, 5) is 14.7. The Hall–Kier alpha value is -1.35. The largest absolute Gasteiger partial charge is 0.344 e. The van der Waals surface area contributed by atoms with Gasteiger partial charge in [-0.15, -0.1) is 0 Å². The fraction of sp³-hybridized carbons (Fsp3) is 0.611. The molecule has 1 amide bonds. The molecule has 3 nitrogen and oxygen atoms in total. The first-order chi connectivity index (χ1) is 10.2. The maximum atomic E-state index is 12.8. The molecule has 1 heterocycles. The summed E-state index contributed by atoms with van der Waals surface area (Å²) in [5.41, 5.74) is 1.07. The standard InChI is InChI=1S/C18H28N2O/c1-3-12-18(13-8-14-19-18)17(21)20(2)15-7-11-16-9-5-4-6-10-16/h4-6,9-10,19H,3,7-8,11-15H2,1-2H3. The van der Waals surface area contributed by atoms with Gasteiger partial charge in [0.15, 0.2) is 0 Å². The van der Waals surface area contributed by atoms with E-state index in [2.05, 4.69) is 36.5 Å². The molecule has 0 spiro atoms. The molecule has 0 saturated carbocycles. The number of amides is 1. The minimum Gasteiger partial charge on any atom is -0.344 e. The molecule has 1 aromatic carbocycles. The molecule has 1 atom stereocenters. The van der Waals surface area contributed by atoms with Gasteiger partial charge in [0.05, 0.1) is 5.54 Å². The Balaban J connectivity index is 1.84. The average molecular weight is 288 g/mol. The van der Waals surface area contributed by atoms with Gasteiger partial charge in [0.2, 0.25) is 5.91 Å². The Morgan fingerprint density at radius 3 is 2.71 bits per heavy atom. The molecule has 21 heavy (non-hydrogen) atoms. The van der Waals surface area contributed by atoms with Gasteiger partial charge in [0.25, 0.3) is 0 Å². The van der Waals surface area contributed by atoms with Crippen LogP contribution in [0.4, 0.5) is 0 Å². The lowest BCUT2D eigenvalue weighted by molar-refractivity contribution is -0.136. The molecular formula is C18H28N2O. The second-order valence-electron chi connectivity index (χ2n) is 6.18. The van der Waals surface area contributed by atoms with Crippen LogP contribution in [0.25, 0.3) is 0 Å². The minimum absolute atomic E-state index is 0.282. The summed E-state index contributed by atoms with van der Waals surface area (Å²) >= 11 is 0. The highest BCUT2D eigenvalue weighted by Crippen LogP contribution is 2.26. The van der Waals surface area contributed by atoms with Crippen molar-refractivity contribution in [1.29, 1.82) is 0 Å². The fourth-order valence-electron chi connectivity index (χ4n) is 3.37. The monoisotopic (exact) mass is 288 g/mol. The summed E-state index contributed by atoms with van der Waals surface area (Å²) < 4.78 is 0. The number of hydrogen-bond donors (Lipinski definition) is 1. The molecule has 0 aliphatic carbocycles. The van der Waals surface area contributed by atoms with Gasteiger partial charge < -0.3 is 10.2 Å². The van der Waals surface area contributed by atoms with E-state index in [0.717, 1.165) is 51.6 Å². The third-order valence-corrected chi connectivity index (χ3v) is 4.48. The first kappa shape index (κ1) is 16.0. The smallest absolute Gasteiger partial charge is 0.242 e. The van der Waals surface area contributed by atoms with E-state index < -0.39 is 0 Å². The molecule has 1 aromatic rings. The third kappa shape index (κ3) is 4.07. The van der Waals surface area contributed by atoms with Crippen LogP contribution in [0.15, 0.2) is 30.3 Å². The van der Waals surface area contributed by atoms with Crippen molar-refractivity contribution >= 4 is 5.91 Å². The summed E-state index contributed by atoms with van der Waals surface area (Å²) in [5.74, 6) is 0.287. The zero-order valence-corrected chi connectivity index (χ0v) is 13.4. The lowest BCUT2D eigenvalue weighted by atomic mass is 9.90. The van der Waals surface area contributed by atoms with Gasteiger partial charge in [-0.2, -0.15) is 0 Å². The minimum atomic E-state index is -0.282. The molecule has 2 rings (SSSR count). The van der Waals surface area contributed by atoms with Crippen LogP contribution in [0.3, 0.4) is 0 Å². The number of nitrogens with zero attached hydrogens (tertiary/aromatic N) is 1. The van der Waals surface area contributed by atoms with Crippen LogP contribution in [0.1, 0.15) is 44.6 Å². The van der Waals surface area contributed by atoms with Gasteiger partial charge in [-0.05, 0) is 44.2 Å². The van der Waals surface area contributed by atoms with Gasteiger partial charge in [-0.25, -0.2) is 0 Å². The predicted octanol–water partition coefficient (Wildman–Crippen LogP) is 3.00. The van der Waals surface area contributed by atoms with E-state index in [1.54, 1.807) is 0 Å². The normalized spacial score (nSPS) is 21.4. The first-order valence-electron chi connectivity index (χ1n) is 8.22. The first-order valence-corrected chi connectivity index (χ1v) is 8.22. The Labute approximate surface area is 128 Å². The van der Waals surface area contributed by atoms with E-state index in [1.807, 2.05) is 18.0 Å². The van der Waals surface area contributed by atoms with Crippen molar-refractivity contribution in [3.8, 4) is 0 Å². The summed E-state index contributed by atoms with van der Waals surface area (Å²) in [7, 11) is 1.95. The van der Waals surface area contributed by atoms with E-state index in [4.69, 9.17) is 0 Å². The fourth-order valence-corrected chi connectivity index (χ4v) is 3.37. The Bertz CT molecular complexity index is 438. The molecule has 1 aliphatic heterocycles. The molecule has 1 N–H and O–H groups in total. The topological polar surface area (TPSA) is 32.3 Å². The summed E-state index contributed by atoms with van der Waals surface area (Å²) in [6, 6.07) is 10.5. The average Bonchev–Trinajstić information content (AvgIpc) is 2.97. The quantitative estimate of drug-likeness (QED) is 0.836. The van der Waals surface area contributed by atoms with Gasteiger partial charge in [0.1, 0.15) is 0 Å². The van der Waals surface area contributed by atoms with Crippen molar-refractivity contribution < 1.29 is 4.79 Å². The second-order valence-corrected chi connectivity index (χ2v) is 6.18. The van der Waals surface area contributed by atoms with E-state index in [0.29, 0.717) is 0 Å². The van der Waals surface area contributed by atoms with Crippen LogP contribution < -0.4 is 5.32 Å². The van der Waals surface area contributed by atoms with Crippen LogP contribution in [-0.4, -0.2) is 36.5 Å². The number of nitrogens with one attached hydrogen (secondary N) is 1. The molecule has 116 valence electrons. The number of carbonyl (C=O) groups excluding carboxylic acids is 1. The van der Waals surface area contributed by atoms with Crippen molar-refractivity contribution in [2.24, 2.45) is 0 Å². The maximum absolute atomic E-state index is 12.8. The molecular weight excluding hydrogens is 260 g/mol. The molecule has 0 radical (unpaired) electrons. The summed E-state index contributed by atoms with van der Waals surface area (Å²) in [5, 5.41) is 3.47. The van der Waals surface area contributed by atoms with E-state index in [1.165, 1.54) is 5.56 Å². The zero-order chi connectivity index (χ0) is 15.1. The van der Waals surface area contributed by atoms with E-state index in [-0.39, 0.29) is 11.4 Å².